The Kier molecular flexibility index (Phi) is 3.46. The lowest BCUT2D eigenvalue weighted by Crippen LogP contribution is -1.98. The Morgan fingerprint density at radius 2 is 0.917 bits per heavy atom. The molecule has 0 aliphatic heterocycles. The molecule has 0 unspecified atom stereocenters. The van der Waals surface area contributed by atoms with Crippen molar-refractivity contribution in [1.82, 2.24) is 0 Å². The minimum atomic E-state index is -4.51. The SMILES string of the molecule is O=S(=O)(O)c1ccc2c(O)c3cc(S(=O)(=O)O)ccc3c(O)c2c1. The number of hydrogen-bond acceptors (Lipinski definition) is 6. The molecule has 3 aromatic rings. The fourth-order valence-corrected chi connectivity index (χ4v) is 3.48. The smallest absolute Gasteiger partial charge is 0.294 e. The second-order valence-corrected chi connectivity index (χ2v) is 7.91. The van der Waals surface area contributed by atoms with Crippen LogP contribution in [0, 0.1) is 0 Å². The molecule has 4 N–H and O–H groups in total. The summed E-state index contributed by atoms with van der Waals surface area (Å²) in [5.41, 5.74) is 0. The van der Waals surface area contributed by atoms with E-state index in [0.29, 0.717) is 0 Å². The highest BCUT2D eigenvalue weighted by molar-refractivity contribution is 7.86. The van der Waals surface area contributed by atoms with Gasteiger partial charge in [0.2, 0.25) is 0 Å². The normalized spacial score (nSPS) is 12.8. The van der Waals surface area contributed by atoms with Gasteiger partial charge in [-0.15, -0.1) is 0 Å². The third-order valence-electron chi connectivity index (χ3n) is 3.60. The van der Waals surface area contributed by atoms with E-state index in [1.807, 2.05) is 0 Å². The summed E-state index contributed by atoms with van der Waals surface area (Å²) in [6.45, 7) is 0. The Morgan fingerprint density at radius 3 is 1.21 bits per heavy atom. The Labute approximate surface area is 136 Å². The first-order chi connectivity index (χ1) is 11.0. The molecule has 0 bridgehead atoms. The topological polar surface area (TPSA) is 149 Å². The minimum absolute atomic E-state index is 0.0416. The number of hydrogen-bond donors (Lipinski definition) is 4. The van der Waals surface area contributed by atoms with Crippen LogP contribution in [0.5, 0.6) is 11.5 Å². The summed E-state index contributed by atoms with van der Waals surface area (Å²) in [7, 11) is -9.02. The Hall–Kier alpha value is -2.40. The van der Waals surface area contributed by atoms with Gasteiger partial charge in [-0.25, -0.2) is 0 Å². The quantitative estimate of drug-likeness (QED) is 0.303. The fourth-order valence-electron chi connectivity index (χ4n) is 2.46. The average molecular weight is 370 g/mol. The van der Waals surface area contributed by atoms with Crippen molar-refractivity contribution in [2.24, 2.45) is 0 Å². The molecule has 3 rings (SSSR count). The number of aromatic hydroxyl groups is 2. The number of phenolic OH excluding ortho intramolecular Hbond substituents is 2. The number of rotatable bonds is 2. The third-order valence-corrected chi connectivity index (χ3v) is 5.30. The van der Waals surface area contributed by atoms with Crippen LogP contribution in [-0.2, 0) is 20.2 Å². The summed E-state index contributed by atoms with van der Waals surface area (Å²) >= 11 is 0. The molecule has 0 amide bonds. The van der Waals surface area contributed by atoms with Crippen molar-refractivity contribution in [2.45, 2.75) is 9.79 Å². The van der Waals surface area contributed by atoms with Gasteiger partial charge >= 0.3 is 0 Å². The first-order valence-electron chi connectivity index (χ1n) is 6.36. The largest absolute Gasteiger partial charge is 0.507 e. The van der Waals surface area contributed by atoms with E-state index in [9.17, 15) is 27.0 Å². The average Bonchev–Trinajstić information content (AvgIpc) is 2.49. The molecular weight excluding hydrogens is 360 g/mol. The second kappa shape index (κ2) is 5.05. The van der Waals surface area contributed by atoms with E-state index in [4.69, 9.17) is 9.11 Å². The van der Waals surface area contributed by atoms with Crippen molar-refractivity contribution in [3.8, 4) is 11.5 Å². The van der Waals surface area contributed by atoms with Crippen molar-refractivity contribution in [3.05, 3.63) is 36.4 Å². The lowest BCUT2D eigenvalue weighted by atomic mass is 10.0. The molecule has 3 aromatic carbocycles. The number of phenols is 2. The molecule has 0 fully saturated rings. The maximum Gasteiger partial charge on any atom is 0.294 e. The highest BCUT2D eigenvalue weighted by Crippen LogP contribution is 2.42. The zero-order chi connectivity index (χ0) is 17.9. The highest BCUT2D eigenvalue weighted by atomic mass is 32.2. The maximum absolute atomic E-state index is 11.2. The lowest BCUT2D eigenvalue weighted by Gasteiger charge is -2.11. The summed E-state index contributed by atoms with van der Waals surface area (Å²) in [5, 5.41) is 20.6. The fraction of sp³-hybridized carbons (Fsp3) is 0. The van der Waals surface area contributed by atoms with Gasteiger partial charge in [-0.3, -0.25) is 9.11 Å². The predicted molar refractivity (Wildman–Crippen MR) is 84.4 cm³/mol. The zero-order valence-electron chi connectivity index (χ0n) is 11.7. The van der Waals surface area contributed by atoms with Gasteiger partial charge in [0, 0.05) is 21.5 Å². The molecule has 0 spiro atoms. The molecule has 0 aliphatic carbocycles. The van der Waals surface area contributed by atoms with E-state index >= 15 is 0 Å². The summed E-state index contributed by atoms with van der Waals surface area (Å²) in [6.07, 6.45) is 0. The van der Waals surface area contributed by atoms with Crippen LogP contribution in [0.1, 0.15) is 0 Å². The molecule has 0 aliphatic rings. The minimum Gasteiger partial charge on any atom is -0.507 e. The molecule has 0 heterocycles. The van der Waals surface area contributed by atoms with Gasteiger partial charge in [-0.05, 0) is 36.4 Å². The lowest BCUT2D eigenvalue weighted by molar-refractivity contribution is 0.476. The number of benzene rings is 3. The van der Waals surface area contributed by atoms with Gasteiger partial charge in [-0.2, -0.15) is 16.8 Å². The summed E-state index contributed by atoms with van der Waals surface area (Å²) in [5.74, 6) is -0.824. The van der Waals surface area contributed by atoms with Crippen LogP contribution in [0.4, 0.5) is 0 Å². The van der Waals surface area contributed by atoms with E-state index < -0.39 is 41.5 Å². The molecule has 8 nitrogen and oxygen atoms in total. The number of fused-ring (bicyclic) bond motifs is 2. The van der Waals surface area contributed by atoms with E-state index in [1.54, 1.807) is 0 Å². The summed E-state index contributed by atoms with van der Waals surface area (Å²) in [6, 6.07) is 6.33. The van der Waals surface area contributed by atoms with Crippen LogP contribution in [-0.4, -0.2) is 36.2 Å². The molecule has 0 saturated heterocycles. The van der Waals surface area contributed by atoms with Crippen LogP contribution in [0.25, 0.3) is 21.5 Å². The zero-order valence-corrected chi connectivity index (χ0v) is 13.3. The highest BCUT2D eigenvalue weighted by Gasteiger charge is 2.19. The van der Waals surface area contributed by atoms with E-state index in [1.165, 1.54) is 0 Å². The van der Waals surface area contributed by atoms with Gasteiger partial charge < -0.3 is 10.2 Å². The third kappa shape index (κ3) is 2.55. The van der Waals surface area contributed by atoms with Crippen LogP contribution in [0.2, 0.25) is 0 Å². The van der Waals surface area contributed by atoms with Gasteiger partial charge in [0.1, 0.15) is 11.5 Å². The molecule has 0 radical (unpaired) electrons. The van der Waals surface area contributed by atoms with E-state index in [2.05, 4.69) is 0 Å². The van der Waals surface area contributed by atoms with E-state index in [0.717, 1.165) is 36.4 Å². The molecule has 24 heavy (non-hydrogen) atoms. The van der Waals surface area contributed by atoms with Gasteiger partial charge in [-0.1, -0.05) is 0 Å². The summed E-state index contributed by atoms with van der Waals surface area (Å²) in [4.78, 5) is -0.947. The van der Waals surface area contributed by atoms with Crippen LogP contribution >= 0.6 is 0 Å². The van der Waals surface area contributed by atoms with Crippen molar-refractivity contribution < 1.29 is 36.2 Å². The van der Waals surface area contributed by atoms with Crippen molar-refractivity contribution >= 4 is 41.8 Å². The predicted octanol–water partition coefficient (Wildman–Crippen LogP) is 1.90. The molecule has 0 aromatic heterocycles. The molecule has 0 atom stereocenters. The van der Waals surface area contributed by atoms with E-state index in [-0.39, 0.29) is 21.5 Å². The maximum atomic E-state index is 11.2. The molecule has 0 saturated carbocycles. The second-order valence-electron chi connectivity index (χ2n) is 5.06. The van der Waals surface area contributed by atoms with Crippen molar-refractivity contribution in [1.29, 1.82) is 0 Å². The van der Waals surface area contributed by atoms with Crippen LogP contribution < -0.4 is 0 Å². The van der Waals surface area contributed by atoms with Crippen LogP contribution in [0.3, 0.4) is 0 Å². The molecular formula is C14H10O8S2. The van der Waals surface area contributed by atoms with Gasteiger partial charge in [0.25, 0.3) is 20.2 Å². The van der Waals surface area contributed by atoms with Gasteiger partial charge in [0.05, 0.1) is 9.79 Å². The van der Waals surface area contributed by atoms with Gasteiger partial charge in [0.15, 0.2) is 0 Å². The van der Waals surface area contributed by atoms with Crippen molar-refractivity contribution in [3.63, 3.8) is 0 Å². The molecule has 10 heteroatoms. The first kappa shape index (κ1) is 16.5. The molecule has 126 valence electrons. The summed E-state index contributed by atoms with van der Waals surface area (Å²) < 4.78 is 63.0. The Balaban J connectivity index is 2.48. The first-order valence-corrected chi connectivity index (χ1v) is 9.24. The Bertz CT molecular complexity index is 1110. The Morgan fingerprint density at radius 1 is 0.583 bits per heavy atom. The standard InChI is InChI=1S/C14H10O8S2/c15-13-9-3-1-7(23(17,18)19)5-11(9)14(16)10-4-2-8(6-12(10)13)24(20,21)22/h1-6,15-16H,(H,17,18,19)(H,20,21,22). The monoisotopic (exact) mass is 370 g/mol. The van der Waals surface area contributed by atoms with Crippen molar-refractivity contribution in [2.75, 3.05) is 0 Å². The van der Waals surface area contributed by atoms with Crippen LogP contribution in [0.15, 0.2) is 46.2 Å².